The van der Waals surface area contributed by atoms with Gasteiger partial charge in [0.15, 0.2) is 5.13 Å². The number of carbonyl (C=O) groups is 2. The van der Waals surface area contributed by atoms with Crippen molar-refractivity contribution in [1.82, 2.24) is 10.3 Å². The molecular formula is C19H33N3O4S. The number of rotatable bonds is 10. The van der Waals surface area contributed by atoms with E-state index in [2.05, 4.69) is 22.5 Å². The highest BCUT2D eigenvalue weighted by molar-refractivity contribution is 7.15. The molecule has 3 unspecified atom stereocenters. The van der Waals surface area contributed by atoms with E-state index in [1.54, 1.807) is 40.8 Å². The van der Waals surface area contributed by atoms with Gasteiger partial charge in [-0.1, -0.05) is 20.8 Å². The van der Waals surface area contributed by atoms with Gasteiger partial charge in [-0.2, -0.15) is 0 Å². The second kappa shape index (κ2) is 10.1. The molecule has 27 heavy (non-hydrogen) atoms. The summed E-state index contributed by atoms with van der Waals surface area (Å²) in [5.74, 6) is -0.878. The molecule has 0 aliphatic carbocycles. The number of aliphatic hydroxyl groups excluding tert-OH is 1. The van der Waals surface area contributed by atoms with E-state index >= 15 is 0 Å². The zero-order chi connectivity index (χ0) is 20.8. The van der Waals surface area contributed by atoms with E-state index < -0.39 is 23.7 Å². The van der Waals surface area contributed by atoms with Crippen LogP contribution < -0.4 is 10.6 Å². The highest BCUT2D eigenvalue weighted by atomic mass is 32.1. The fraction of sp³-hybridized carbons (Fsp3) is 0.737. The van der Waals surface area contributed by atoms with Gasteiger partial charge in [0.1, 0.15) is 12.1 Å². The van der Waals surface area contributed by atoms with Crippen LogP contribution in [0.3, 0.4) is 0 Å². The summed E-state index contributed by atoms with van der Waals surface area (Å²) in [7, 11) is 0. The number of anilines is 1. The maximum atomic E-state index is 12.2. The number of hydrogen-bond donors (Lipinski definition) is 4. The van der Waals surface area contributed by atoms with Crippen molar-refractivity contribution in [2.45, 2.75) is 84.5 Å². The average molecular weight is 400 g/mol. The standard InChI is InChI=1S/C19H33N3O4S/c1-11(2)15(23)17(25)21-13(4)16(24)22-18-20-10-14(27-18)12(3)8-7-9-19(5,6)26/h10-13,15,23,26H,7-9H2,1-6H3,(H,21,25)(H,20,22,24). The monoisotopic (exact) mass is 399 g/mol. The van der Waals surface area contributed by atoms with Crippen LogP contribution >= 0.6 is 11.3 Å². The van der Waals surface area contributed by atoms with Gasteiger partial charge >= 0.3 is 0 Å². The molecule has 0 saturated carbocycles. The summed E-state index contributed by atoms with van der Waals surface area (Å²) in [6.45, 7) is 10.7. The molecule has 8 heteroatoms. The normalized spacial score (nSPS) is 15.3. The zero-order valence-corrected chi connectivity index (χ0v) is 17.9. The Morgan fingerprint density at radius 1 is 1.22 bits per heavy atom. The molecule has 0 aliphatic rings. The van der Waals surface area contributed by atoms with Crippen LogP contribution in [0.4, 0.5) is 5.13 Å². The lowest BCUT2D eigenvalue weighted by atomic mass is 9.96. The van der Waals surface area contributed by atoms with Gasteiger partial charge in [0, 0.05) is 11.1 Å². The third-order valence-corrected chi connectivity index (χ3v) is 5.46. The molecule has 2 amide bonds. The largest absolute Gasteiger partial charge is 0.390 e. The van der Waals surface area contributed by atoms with E-state index in [4.69, 9.17) is 0 Å². The summed E-state index contributed by atoms with van der Waals surface area (Å²) in [5, 5.41) is 25.2. The molecule has 3 atom stereocenters. The van der Waals surface area contributed by atoms with Gasteiger partial charge in [-0.15, -0.1) is 11.3 Å². The Labute approximate surface area is 165 Å². The SMILES string of the molecule is CC(NC(=O)C(O)C(C)C)C(=O)Nc1ncc(C(C)CCCC(C)(C)O)s1. The van der Waals surface area contributed by atoms with E-state index in [-0.39, 0.29) is 17.7 Å². The van der Waals surface area contributed by atoms with E-state index in [1.807, 2.05) is 0 Å². The van der Waals surface area contributed by atoms with Crippen LogP contribution in [-0.2, 0) is 9.59 Å². The van der Waals surface area contributed by atoms with Crippen molar-refractivity contribution in [3.63, 3.8) is 0 Å². The van der Waals surface area contributed by atoms with Crippen LogP contribution in [0.25, 0.3) is 0 Å². The van der Waals surface area contributed by atoms with E-state index in [0.29, 0.717) is 5.13 Å². The first-order valence-electron chi connectivity index (χ1n) is 9.38. The molecule has 0 saturated heterocycles. The Kier molecular flexibility index (Phi) is 8.84. The van der Waals surface area contributed by atoms with Crippen molar-refractivity contribution in [3.05, 3.63) is 11.1 Å². The summed E-state index contributed by atoms with van der Waals surface area (Å²) >= 11 is 1.41. The van der Waals surface area contributed by atoms with Crippen molar-refractivity contribution in [3.8, 4) is 0 Å². The van der Waals surface area contributed by atoms with Crippen molar-refractivity contribution in [2.75, 3.05) is 5.32 Å². The third kappa shape index (κ3) is 8.36. The molecule has 0 aromatic carbocycles. The highest BCUT2D eigenvalue weighted by Crippen LogP contribution is 2.30. The lowest BCUT2D eigenvalue weighted by Gasteiger charge is -2.18. The Balaban J connectivity index is 2.53. The summed E-state index contributed by atoms with van der Waals surface area (Å²) in [6, 6.07) is -0.776. The van der Waals surface area contributed by atoms with Crippen LogP contribution in [-0.4, -0.2) is 44.8 Å². The lowest BCUT2D eigenvalue weighted by molar-refractivity contribution is -0.134. The maximum Gasteiger partial charge on any atom is 0.249 e. The number of amides is 2. The Bertz CT molecular complexity index is 625. The fourth-order valence-electron chi connectivity index (χ4n) is 2.44. The molecular weight excluding hydrogens is 366 g/mol. The molecule has 0 spiro atoms. The van der Waals surface area contributed by atoms with Crippen molar-refractivity contribution >= 4 is 28.3 Å². The molecule has 0 bridgehead atoms. The predicted octanol–water partition coefficient (Wildman–Crippen LogP) is 2.65. The lowest BCUT2D eigenvalue weighted by Crippen LogP contribution is -2.47. The van der Waals surface area contributed by atoms with Gasteiger partial charge in [0.25, 0.3) is 0 Å². The first kappa shape index (κ1) is 23.5. The molecule has 0 aliphatic heterocycles. The number of hydrogen-bond acceptors (Lipinski definition) is 6. The number of nitrogens with one attached hydrogen (secondary N) is 2. The fourth-order valence-corrected chi connectivity index (χ4v) is 3.34. The predicted molar refractivity (Wildman–Crippen MR) is 108 cm³/mol. The van der Waals surface area contributed by atoms with Gasteiger partial charge in [0.2, 0.25) is 11.8 Å². The van der Waals surface area contributed by atoms with Crippen LogP contribution in [0.5, 0.6) is 0 Å². The smallest absolute Gasteiger partial charge is 0.249 e. The minimum atomic E-state index is -1.14. The van der Waals surface area contributed by atoms with Crippen LogP contribution in [0.1, 0.15) is 71.6 Å². The topological polar surface area (TPSA) is 112 Å². The summed E-state index contributed by atoms with van der Waals surface area (Å²) in [6.07, 6.45) is 3.18. The number of thiazole rings is 1. The highest BCUT2D eigenvalue weighted by Gasteiger charge is 2.24. The Morgan fingerprint density at radius 3 is 2.41 bits per heavy atom. The second-order valence-electron chi connectivity index (χ2n) is 8.08. The second-order valence-corrected chi connectivity index (χ2v) is 9.14. The molecule has 1 heterocycles. The van der Waals surface area contributed by atoms with Crippen molar-refractivity contribution in [1.29, 1.82) is 0 Å². The first-order chi connectivity index (χ1) is 12.4. The molecule has 0 radical (unpaired) electrons. The third-order valence-electron chi connectivity index (χ3n) is 4.32. The van der Waals surface area contributed by atoms with Crippen molar-refractivity contribution < 1.29 is 19.8 Å². The summed E-state index contributed by atoms with van der Waals surface area (Å²) in [5.41, 5.74) is -0.656. The van der Waals surface area contributed by atoms with Gasteiger partial charge < -0.3 is 20.8 Å². The summed E-state index contributed by atoms with van der Waals surface area (Å²) in [4.78, 5) is 29.4. The van der Waals surface area contributed by atoms with Crippen LogP contribution in [0.15, 0.2) is 6.20 Å². The van der Waals surface area contributed by atoms with Gasteiger partial charge in [-0.25, -0.2) is 4.98 Å². The van der Waals surface area contributed by atoms with Gasteiger partial charge in [0.05, 0.1) is 5.60 Å². The molecule has 1 aromatic heterocycles. The Hall–Kier alpha value is -1.51. The molecule has 7 nitrogen and oxygen atoms in total. The van der Waals surface area contributed by atoms with Crippen molar-refractivity contribution in [2.24, 2.45) is 5.92 Å². The molecule has 1 aromatic rings. The molecule has 4 N–H and O–H groups in total. The van der Waals surface area contributed by atoms with Gasteiger partial charge in [-0.05, 0) is 51.9 Å². The van der Waals surface area contributed by atoms with E-state index in [0.717, 1.165) is 24.1 Å². The van der Waals surface area contributed by atoms with Gasteiger partial charge in [-0.3, -0.25) is 9.59 Å². The zero-order valence-electron chi connectivity index (χ0n) is 17.1. The Morgan fingerprint density at radius 2 is 1.85 bits per heavy atom. The average Bonchev–Trinajstić information content (AvgIpc) is 3.01. The number of aliphatic hydroxyl groups is 2. The quantitative estimate of drug-likeness (QED) is 0.483. The summed E-state index contributed by atoms with van der Waals surface area (Å²) < 4.78 is 0. The maximum absolute atomic E-state index is 12.2. The first-order valence-corrected chi connectivity index (χ1v) is 10.2. The number of carbonyl (C=O) groups excluding carboxylic acids is 2. The molecule has 1 rings (SSSR count). The number of aromatic nitrogens is 1. The van der Waals surface area contributed by atoms with Crippen LogP contribution in [0.2, 0.25) is 0 Å². The van der Waals surface area contributed by atoms with Crippen LogP contribution in [0, 0.1) is 5.92 Å². The number of nitrogens with zero attached hydrogens (tertiary/aromatic N) is 1. The minimum Gasteiger partial charge on any atom is -0.390 e. The van der Waals surface area contributed by atoms with E-state index in [1.165, 1.54) is 11.3 Å². The molecule has 0 fully saturated rings. The minimum absolute atomic E-state index is 0.223. The molecule has 154 valence electrons. The van der Waals surface area contributed by atoms with E-state index in [9.17, 15) is 19.8 Å².